The summed E-state index contributed by atoms with van der Waals surface area (Å²) in [5.41, 5.74) is -0.480. The predicted molar refractivity (Wildman–Crippen MR) is 119 cm³/mol. The minimum absolute atomic E-state index is 0.0468. The zero-order valence-corrected chi connectivity index (χ0v) is 19.0. The van der Waals surface area contributed by atoms with Crippen molar-refractivity contribution in [3.8, 4) is 5.75 Å². The van der Waals surface area contributed by atoms with Gasteiger partial charge in [0.15, 0.2) is 0 Å². The van der Waals surface area contributed by atoms with Gasteiger partial charge in [0.1, 0.15) is 23.1 Å². The molecule has 2 fully saturated rings. The summed E-state index contributed by atoms with van der Waals surface area (Å²) in [7, 11) is 0. The molecule has 0 unspecified atom stereocenters. The largest absolute Gasteiger partial charge is 0.494 e. The highest BCUT2D eigenvalue weighted by molar-refractivity contribution is 6.22. The molecule has 1 aromatic heterocycles. The Morgan fingerprint density at radius 2 is 1.74 bits per heavy atom. The molecule has 1 atom stereocenters. The first-order chi connectivity index (χ1) is 16.2. The lowest BCUT2D eigenvalue weighted by Gasteiger charge is -2.37. The SMILES string of the molecule is CCCOc1ccc(N2C(=O)C[C@@H](N3CCN(c4cc(C(F)(F)F)nc(C)n4)CC3)C2=O)cc1. The van der Waals surface area contributed by atoms with Crippen LogP contribution in [0.2, 0.25) is 0 Å². The van der Waals surface area contributed by atoms with Gasteiger partial charge in [0.2, 0.25) is 5.91 Å². The number of aromatic nitrogens is 2. The number of aryl methyl sites for hydroxylation is 1. The Balaban J connectivity index is 1.41. The molecule has 2 aromatic rings. The molecule has 34 heavy (non-hydrogen) atoms. The number of halogens is 3. The number of imide groups is 1. The molecule has 4 rings (SSSR count). The zero-order chi connectivity index (χ0) is 24.5. The van der Waals surface area contributed by atoms with Gasteiger partial charge in [0.25, 0.3) is 5.91 Å². The normalized spacial score (nSPS) is 19.7. The molecule has 3 heterocycles. The summed E-state index contributed by atoms with van der Waals surface area (Å²) < 4.78 is 44.9. The van der Waals surface area contributed by atoms with Crippen LogP contribution in [0.4, 0.5) is 24.7 Å². The number of amides is 2. The lowest BCUT2D eigenvalue weighted by molar-refractivity contribution is -0.141. The first-order valence-corrected chi connectivity index (χ1v) is 11.2. The molecule has 2 aliphatic rings. The Kier molecular flexibility index (Phi) is 6.74. The molecular weight excluding hydrogens is 451 g/mol. The summed E-state index contributed by atoms with van der Waals surface area (Å²) >= 11 is 0. The van der Waals surface area contributed by atoms with Gasteiger partial charge < -0.3 is 9.64 Å². The van der Waals surface area contributed by atoms with E-state index in [1.165, 1.54) is 11.8 Å². The van der Waals surface area contributed by atoms with Crippen molar-refractivity contribution < 1.29 is 27.5 Å². The number of carbonyl (C=O) groups is 2. The van der Waals surface area contributed by atoms with E-state index in [1.807, 2.05) is 11.8 Å². The summed E-state index contributed by atoms with van der Waals surface area (Å²) in [6.45, 7) is 5.63. The molecule has 0 aliphatic carbocycles. The average molecular weight is 477 g/mol. The smallest absolute Gasteiger partial charge is 0.433 e. The van der Waals surface area contributed by atoms with Gasteiger partial charge in [0, 0.05) is 32.2 Å². The monoisotopic (exact) mass is 477 g/mol. The lowest BCUT2D eigenvalue weighted by Crippen LogP contribution is -2.52. The van der Waals surface area contributed by atoms with Crippen molar-refractivity contribution in [3.05, 3.63) is 41.9 Å². The second-order valence-corrected chi connectivity index (χ2v) is 8.31. The van der Waals surface area contributed by atoms with Crippen molar-refractivity contribution in [3.63, 3.8) is 0 Å². The number of piperazine rings is 1. The molecule has 2 aliphatic heterocycles. The molecule has 8 nitrogen and oxygen atoms in total. The first kappa shape index (κ1) is 23.9. The van der Waals surface area contributed by atoms with Crippen LogP contribution in [0.25, 0.3) is 0 Å². The van der Waals surface area contributed by atoms with E-state index >= 15 is 0 Å². The summed E-state index contributed by atoms with van der Waals surface area (Å²) in [5.74, 6) is 0.357. The van der Waals surface area contributed by atoms with Crippen molar-refractivity contribution in [1.29, 1.82) is 0 Å². The summed E-state index contributed by atoms with van der Waals surface area (Å²) in [6, 6.07) is 7.20. The van der Waals surface area contributed by atoms with E-state index < -0.39 is 17.9 Å². The van der Waals surface area contributed by atoms with Crippen LogP contribution < -0.4 is 14.5 Å². The van der Waals surface area contributed by atoms with E-state index in [2.05, 4.69) is 9.97 Å². The van der Waals surface area contributed by atoms with Crippen LogP contribution in [0.5, 0.6) is 5.75 Å². The third kappa shape index (κ3) is 4.98. The van der Waals surface area contributed by atoms with Crippen molar-refractivity contribution >= 4 is 23.3 Å². The maximum absolute atomic E-state index is 13.1. The van der Waals surface area contributed by atoms with Crippen LogP contribution in [0, 0.1) is 6.92 Å². The molecule has 0 bridgehead atoms. The third-order valence-electron chi connectivity index (χ3n) is 5.88. The Labute approximate surface area is 195 Å². The topological polar surface area (TPSA) is 78.9 Å². The van der Waals surface area contributed by atoms with E-state index in [0.29, 0.717) is 44.2 Å². The number of nitrogens with zero attached hydrogens (tertiary/aromatic N) is 5. The van der Waals surface area contributed by atoms with Crippen molar-refractivity contribution in [2.45, 2.75) is 38.9 Å². The van der Waals surface area contributed by atoms with Gasteiger partial charge in [-0.15, -0.1) is 0 Å². The molecule has 11 heteroatoms. The minimum atomic E-state index is -4.55. The highest BCUT2D eigenvalue weighted by Crippen LogP contribution is 2.31. The second kappa shape index (κ2) is 9.57. The Morgan fingerprint density at radius 3 is 2.35 bits per heavy atom. The van der Waals surface area contributed by atoms with E-state index in [-0.39, 0.29) is 29.9 Å². The number of anilines is 2. The van der Waals surface area contributed by atoms with E-state index in [1.54, 1.807) is 29.2 Å². The van der Waals surface area contributed by atoms with E-state index in [4.69, 9.17) is 4.74 Å². The van der Waals surface area contributed by atoms with Crippen LogP contribution >= 0.6 is 0 Å². The highest BCUT2D eigenvalue weighted by Gasteiger charge is 2.43. The van der Waals surface area contributed by atoms with Gasteiger partial charge in [-0.2, -0.15) is 13.2 Å². The third-order valence-corrected chi connectivity index (χ3v) is 5.88. The Bertz CT molecular complexity index is 1050. The molecule has 2 saturated heterocycles. The maximum Gasteiger partial charge on any atom is 0.433 e. The predicted octanol–water partition coefficient (Wildman–Crippen LogP) is 3.05. The fourth-order valence-corrected chi connectivity index (χ4v) is 4.21. The summed E-state index contributed by atoms with van der Waals surface area (Å²) in [4.78, 5) is 38.3. The highest BCUT2D eigenvalue weighted by atomic mass is 19.4. The Hall–Kier alpha value is -3.21. The van der Waals surface area contributed by atoms with Crippen molar-refractivity contribution in [1.82, 2.24) is 14.9 Å². The maximum atomic E-state index is 13.1. The number of alkyl halides is 3. The van der Waals surface area contributed by atoms with Gasteiger partial charge >= 0.3 is 6.18 Å². The molecule has 0 spiro atoms. The molecule has 0 saturated carbocycles. The summed E-state index contributed by atoms with van der Waals surface area (Å²) in [5, 5.41) is 0. The number of ether oxygens (including phenoxy) is 1. The van der Waals surface area contributed by atoms with E-state index in [9.17, 15) is 22.8 Å². The van der Waals surface area contributed by atoms with Gasteiger partial charge in [-0.3, -0.25) is 14.5 Å². The molecular formula is C23H26F3N5O3. The van der Waals surface area contributed by atoms with E-state index in [0.717, 1.165) is 12.5 Å². The molecule has 1 aromatic carbocycles. The second-order valence-electron chi connectivity index (χ2n) is 8.31. The quantitative estimate of drug-likeness (QED) is 0.592. The first-order valence-electron chi connectivity index (χ1n) is 11.2. The van der Waals surface area contributed by atoms with Gasteiger partial charge in [-0.1, -0.05) is 6.92 Å². The molecule has 0 N–H and O–H groups in total. The minimum Gasteiger partial charge on any atom is -0.494 e. The molecule has 0 radical (unpaired) electrons. The van der Waals surface area contributed by atoms with Crippen molar-refractivity contribution in [2.75, 3.05) is 42.6 Å². The molecule has 2 amide bonds. The average Bonchev–Trinajstić information content (AvgIpc) is 3.11. The lowest BCUT2D eigenvalue weighted by atomic mass is 10.1. The number of hydrogen-bond donors (Lipinski definition) is 0. The van der Waals surface area contributed by atoms with Crippen LogP contribution in [0.15, 0.2) is 30.3 Å². The fraction of sp³-hybridized carbons (Fsp3) is 0.478. The Morgan fingerprint density at radius 1 is 1.06 bits per heavy atom. The van der Waals surface area contributed by atoms with Crippen LogP contribution in [-0.4, -0.2) is 65.5 Å². The number of benzene rings is 1. The number of rotatable bonds is 6. The zero-order valence-electron chi connectivity index (χ0n) is 19.0. The number of carbonyl (C=O) groups excluding carboxylic acids is 2. The standard InChI is InChI=1S/C23H26F3N5O3/c1-3-12-34-17-6-4-16(5-7-17)31-21(32)13-18(22(31)33)29-8-10-30(11-9-29)20-14-19(23(24,25)26)27-15(2)28-20/h4-7,14,18H,3,8-13H2,1-2H3/t18-/m1/s1. The number of hydrogen-bond acceptors (Lipinski definition) is 7. The van der Waals surface area contributed by atoms with Crippen LogP contribution in [-0.2, 0) is 15.8 Å². The van der Waals surface area contributed by atoms with Crippen LogP contribution in [0.3, 0.4) is 0 Å². The van der Waals surface area contributed by atoms with Crippen molar-refractivity contribution in [2.24, 2.45) is 0 Å². The van der Waals surface area contributed by atoms with Gasteiger partial charge in [-0.05, 0) is 37.6 Å². The molecule has 182 valence electrons. The fourth-order valence-electron chi connectivity index (χ4n) is 4.21. The van der Waals surface area contributed by atoms with Crippen LogP contribution in [0.1, 0.15) is 31.3 Å². The van der Waals surface area contributed by atoms with Gasteiger partial charge in [0.05, 0.1) is 24.8 Å². The van der Waals surface area contributed by atoms with Gasteiger partial charge in [-0.25, -0.2) is 14.9 Å². The summed E-state index contributed by atoms with van der Waals surface area (Å²) in [6.07, 6.45) is -3.61.